The summed E-state index contributed by atoms with van der Waals surface area (Å²) in [5.74, 6) is -0.882. The highest BCUT2D eigenvalue weighted by atomic mass is 16.4. The molecule has 1 aliphatic rings. The zero-order chi connectivity index (χ0) is 15.1. The van der Waals surface area contributed by atoms with Crippen molar-refractivity contribution >= 4 is 5.97 Å². The van der Waals surface area contributed by atoms with Crippen molar-refractivity contribution in [1.82, 2.24) is 9.55 Å². The van der Waals surface area contributed by atoms with Gasteiger partial charge in [-0.3, -0.25) is 0 Å². The molecule has 3 N–H and O–H groups in total. The summed E-state index contributed by atoms with van der Waals surface area (Å²) in [7, 11) is 0. The molecule has 0 bridgehead atoms. The first-order valence-corrected chi connectivity index (χ1v) is 7.85. The van der Waals surface area contributed by atoms with Crippen LogP contribution < -0.4 is 5.73 Å². The summed E-state index contributed by atoms with van der Waals surface area (Å²) in [6.45, 7) is 0.466. The predicted molar refractivity (Wildman–Crippen MR) is 82.1 cm³/mol. The predicted octanol–water partition coefficient (Wildman–Crippen LogP) is 2.68. The van der Waals surface area contributed by atoms with Crippen LogP contribution >= 0.6 is 0 Å². The smallest absolute Gasteiger partial charge is 0.331 e. The Morgan fingerprint density at radius 3 is 2.71 bits per heavy atom. The Kier molecular flexibility index (Phi) is 5.99. The van der Waals surface area contributed by atoms with Gasteiger partial charge in [0.1, 0.15) is 0 Å². The van der Waals surface area contributed by atoms with E-state index in [1.807, 2.05) is 12.5 Å². The number of nitrogens with two attached hydrogens (primary N) is 1. The van der Waals surface area contributed by atoms with Crippen LogP contribution in [0.3, 0.4) is 0 Å². The Morgan fingerprint density at radius 2 is 2.10 bits per heavy atom. The molecule has 116 valence electrons. The van der Waals surface area contributed by atoms with Gasteiger partial charge in [0.05, 0.1) is 12.0 Å². The first kappa shape index (κ1) is 15.8. The van der Waals surface area contributed by atoms with Crippen molar-refractivity contribution in [3.63, 3.8) is 0 Å². The lowest BCUT2D eigenvalue weighted by molar-refractivity contribution is -0.132. The van der Waals surface area contributed by atoms with Crippen molar-refractivity contribution in [1.29, 1.82) is 0 Å². The lowest BCUT2D eigenvalue weighted by Crippen LogP contribution is -2.07. The van der Waals surface area contributed by atoms with E-state index < -0.39 is 5.97 Å². The molecule has 0 saturated heterocycles. The quantitative estimate of drug-likeness (QED) is 0.623. The number of rotatable bonds is 6. The summed E-state index contributed by atoms with van der Waals surface area (Å²) < 4.78 is 2.17. The maximum absolute atomic E-state index is 11.2. The third-order valence-electron chi connectivity index (χ3n) is 4.10. The largest absolute Gasteiger partial charge is 0.478 e. The Bertz CT molecular complexity index is 485. The van der Waals surface area contributed by atoms with Gasteiger partial charge in [0.2, 0.25) is 0 Å². The van der Waals surface area contributed by atoms with E-state index in [0.717, 1.165) is 5.69 Å². The molecule has 0 spiro atoms. The van der Waals surface area contributed by atoms with Crippen LogP contribution in [0.1, 0.15) is 56.7 Å². The van der Waals surface area contributed by atoms with E-state index in [1.165, 1.54) is 38.5 Å². The molecule has 0 aromatic carbocycles. The number of nitrogens with zero attached hydrogens (tertiary/aromatic N) is 2. The molecule has 1 heterocycles. The van der Waals surface area contributed by atoms with Gasteiger partial charge in [0, 0.05) is 24.2 Å². The molecule has 1 saturated carbocycles. The van der Waals surface area contributed by atoms with Gasteiger partial charge in [0.15, 0.2) is 0 Å². The highest BCUT2D eigenvalue weighted by Gasteiger charge is 2.15. The van der Waals surface area contributed by atoms with Crippen LogP contribution in [-0.4, -0.2) is 27.2 Å². The second-order valence-electron chi connectivity index (χ2n) is 5.75. The number of carboxylic acids is 1. The van der Waals surface area contributed by atoms with Crippen LogP contribution in [0.2, 0.25) is 0 Å². The lowest BCUT2D eigenvalue weighted by Gasteiger charge is -2.15. The highest BCUT2D eigenvalue weighted by Crippen LogP contribution is 2.27. The van der Waals surface area contributed by atoms with E-state index in [0.29, 0.717) is 31.0 Å². The minimum atomic E-state index is -0.882. The Morgan fingerprint density at radius 1 is 1.38 bits per heavy atom. The summed E-state index contributed by atoms with van der Waals surface area (Å²) in [6.07, 6.45) is 14.1. The molecule has 2 rings (SSSR count). The first-order valence-electron chi connectivity index (χ1n) is 7.85. The van der Waals surface area contributed by atoms with Crippen LogP contribution in [0.25, 0.3) is 0 Å². The standard InChI is InChI=1S/C16H25N3O2/c17-9-5-6-13(16(20)21)10-14-11-19(12-18-14)15-7-3-1-2-4-8-15/h6,11-12,15H,1-5,7-10,17H2,(H,20,21)/b13-6-. The minimum absolute atomic E-state index is 0.370. The maximum atomic E-state index is 11.2. The van der Waals surface area contributed by atoms with Crippen molar-refractivity contribution in [3.8, 4) is 0 Å². The summed E-state index contributed by atoms with van der Waals surface area (Å²) in [4.78, 5) is 15.6. The van der Waals surface area contributed by atoms with Crippen molar-refractivity contribution in [2.24, 2.45) is 5.73 Å². The molecule has 1 aromatic heterocycles. The van der Waals surface area contributed by atoms with Gasteiger partial charge in [-0.1, -0.05) is 31.8 Å². The van der Waals surface area contributed by atoms with Crippen LogP contribution in [0.5, 0.6) is 0 Å². The topological polar surface area (TPSA) is 81.1 Å². The van der Waals surface area contributed by atoms with Crippen LogP contribution in [0, 0.1) is 0 Å². The van der Waals surface area contributed by atoms with Gasteiger partial charge in [-0.25, -0.2) is 9.78 Å². The first-order chi connectivity index (χ1) is 10.2. The maximum Gasteiger partial charge on any atom is 0.331 e. The number of hydrogen-bond acceptors (Lipinski definition) is 3. The number of aromatic nitrogens is 2. The van der Waals surface area contributed by atoms with Gasteiger partial charge in [-0.05, 0) is 25.8 Å². The molecule has 0 aliphatic heterocycles. The number of imidazole rings is 1. The van der Waals surface area contributed by atoms with E-state index in [4.69, 9.17) is 5.73 Å². The van der Waals surface area contributed by atoms with Gasteiger partial charge in [0.25, 0.3) is 0 Å². The SMILES string of the molecule is NCC/C=C(/Cc1cn(C2CCCCCC2)cn1)C(=O)O. The third kappa shape index (κ3) is 4.70. The normalized spacial score (nSPS) is 17.7. The fourth-order valence-corrected chi connectivity index (χ4v) is 2.91. The average Bonchev–Trinajstić information content (AvgIpc) is 2.76. The molecule has 5 nitrogen and oxygen atoms in total. The van der Waals surface area contributed by atoms with Gasteiger partial charge in [-0.2, -0.15) is 0 Å². The fraction of sp³-hybridized carbons (Fsp3) is 0.625. The van der Waals surface area contributed by atoms with Crippen LogP contribution in [-0.2, 0) is 11.2 Å². The van der Waals surface area contributed by atoms with Crippen molar-refractivity contribution < 1.29 is 9.90 Å². The van der Waals surface area contributed by atoms with Gasteiger partial charge < -0.3 is 15.4 Å². The van der Waals surface area contributed by atoms with E-state index in [-0.39, 0.29) is 0 Å². The number of carboxylic acid groups (broad SMARTS) is 1. The molecular formula is C16H25N3O2. The van der Waals surface area contributed by atoms with Crippen LogP contribution in [0.4, 0.5) is 0 Å². The van der Waals surface area contributed by atoms with E-state index in [1.54, 1.807) is 6.08 Å². The monoisotopic (exact) mass is 291 g/mol. The zero-order valence-corrected chi connectivity index (χ0v) is 12.5. The van der Waals surface area contributed by atoms with Crippen molar-refractivity contribution in [2.45, 2.75) is 57.4 Å². The van der Waals surface area contributed by atoms with Gasteiger partial charge >= 0.3 is 5.97 Å². The summed E-state index contributed by atoms with van der Waals surface area (Å²) in [5, 5.41) is 9.21. The van der Waals surface area contributed by atoms with E-state index in [9.17, 15) is 9.90 Å². The zero-order valence-electron chi connectivity index (χ0n) is 12.5. The molecule has 1 aliphatic carbocycles. The van der Waals surface area contributed by atoms with Crippen LogP contribution in [0.15, 0.2) is 24.2 Å². The number of aliphatic carboxylic acids is 1. The molecule has 0 atom stereocenters. The average molecular weight is 291 g/mol. The highest BCUT2D eigenvalue weighted by molar-refractivity contribution is 5.86. The third-order valence-corrected chi connectivity index (χ3v) is 4.10. The molecular weight excluding hydrogens is 266 g/mol. The lowest BCUT2D eigenvalue weighted by atomic mass is 10.1. The molecule has 21 heavy (non-hydrogen) atoms. The minimum Gasteiger partial charge on any atom is -0.478 e. The molecule has 5 heteroatoms. The number of hydrogen-bond donors (Lipinski definition) is 2. The second-order valence-corrected chi connectivity index (χ2v) is 5.75. The second kappa shape index (κ2) is 7.98. The number of carbonyl (C=O) groups is 1. The molecule has 1 fully saturated rings. The van der Waals surface area contributed by atoms with Gasteiger partial charge in [-0.15, -0.1) is 0 Å². The molecule has 0 amide bonds. The molecule has 0 radical (unpaired) electrons. The Hall–Kier alpha value is -1.62. The molecule has 0 unspecified atom stereocenters. The Balaban J connectivity index is 2.02. The Labute approximate surface area is 125 Å². The van der Waals surface area contributed by atoms with Crippen molar-refractivity contribution in [3.05, 3.63) is 29.9 Å². The fourth-order valence-electron chi connectivity index (χ4n) is 2.91. The summed E-state index contributed by atoms with van der Waals surface area (Å²) in [6, 6.07) is 0.523. The van der Waals surface area contributed by atoms with E-state index in [2.05, 4.69) is 9.55 Å². The summed E-state index contributed by atoms with van der Waals surface area (Å²) in [5.41, 5.74) is 6.63. The van der Waals surface area contributed by atoms with Crippen molar-refractivity contribution in [2.75, 3.05) is 6.54 Å². The summed E-state index contributed by atoms with van der Waals surface area (Å²) >= 11 is 0. The molecule has 1 aromatic rings. The van der Waals surface area contributed by atoms with E-state index >= 15 is 0 Å².